The molecule has 4 rings (SSSR count). The van der Waals surface area contributed by atoms with Crippen LogP contribution in [0.1, 0.15) is 18.4 Å². The Morgan fingerprint density at radius 1 is 1.17 bits per heavy atom. The van der Waals surface area contributed by atoms with Crippen LogP contribution in [-0.4, -0.2) is 33.8 Å². The number of aromatic nitrogens is 2. The monoisotopic (exact) mass is 443 g/mol. The zero-order valence-electron chi connectivity index (χ0n) is 16.7. The van der Waals surface area contributed by atoms with Gasteiger partial charge in [-0.05, 0) is 54.8 Å². The Labute approximate surface area is 186 Å². The van der Waals surface area contributed by atoms with Crippen LogP contribution < -0.4 is 5.73 Å². The summed E-state index contributed by atoms with van der Waals surface area (Å²) in [6.45, 7) is 1.23. The average Bonchev–Trinajstić information content (AvgIpc) is 3.40. The van der Waals surface area contributed by atoms with Crippen molar-refractivity contribution in [1.82, 2.24) is 9.55 Å². The van der Waals surface area contributed by atoms with Crippen molar-refractivity contribution in [1.29, 1.82) is 0 Å². The molecule has 1 aliphatic rings. The van der Waals surface area contributed by atoms with Gasteiger partial charge in [-0.1, -0.05) is 23.7 Å². The van der Waals surface area contributed by atoms with Gasteiger partial charge in [0.15, 0.2) is 5.79 Å². The minimum absolute atomic E-state index is 0.0478. The summed E-state index contributed by atoms with van der Waals surface area (Å²) in [5.41, 5.74) is 7.82. The highest BCUT2D eigenvalue weighted by molar-refractivity contribution is 7.99. The first-order valence-corrected chi connectivity index (χ1v) is 11.5. The van der Waals surface area contributed by atoms with Gasteiger partial charge in [-0.2, -0.15) is 0 Å². The molecule has 1 aromatic heterocycles. The maximum absolute atomic E-state index is 6.49. The van der Waals surface area contributed by atoms with E-state index in [0.29, 0.717) is 13.2 Å². The number of nitrogens with two attached hydrogens (primary N) is 1. The first-order valence-electron chi connectivity index (χ1n) is 10.1. The molecule has 0 saturated carbocycles. The van der Waals surface area contributed by atoms with E-state index in [1.807, 2.05) is 53.5 Å². The maximum atomic E-state index is 6.49. The Bertz CT molecular complexity index is 919. The molecule has 158 valence electrons. The molecule has 3 aromatic rings. The van der Waals surface area contributed by atoms with E-state index in [-0.39, 0.29) is 6.10 Å². The maximum Gasteiger partial charge on any atom is 0.186 e. The van der Waals surface area contributed by atoms with Gasteiger partial charge in [-0.3, -0.25) is 0 Å². The zero-order chi connectivity index (χ0) is 20.8. The average molecular weight is 444 g/mol. The molecule has 0 amide bonds. The summed E-state index contributed by atoms with van der Waals surface area (Å²) >= 11 is 7.76. The topological polar surface area (TPSA) is 62.3 Å². The first kappa shape index (κ1) is 21.2. The van der Waals surface area contributed by atoms with Crippen molar-refractivity contribution in [3.8, 4) is 0 Å². The zero-order valence-corrected chi connectivity index (χ0v) is 18.3. The number of rotatable bonds is 9. The number of ether oxygens (including phenoxy) is 2. The lowest BCUT2D eigenvalue weighted by atomic mass is 10.0. The fourth-order valence-corrected chi connectivity index (χ4v) is 4.61. The van der Waals surface area contributed by atoms with Gasteiger partial charge in [0.1, 0.15) is 0 Å². The van der Waals surface area contributed by atoms with Crippen LogP contribution in [0, 0.1) is 0 Å². The molecular weight excluding hydrogens is 418 g/mol. The molecule has 1 saturated heterocycles. The molecule has 1 fully saturated rings. The lowest BCUT2D eigenvalue weighted by Crippen LogP contribution is -2.36. The highest BCUT2D eigenvalue weighted by Crippen LogP contribution is 2.33. The van der Waals surface area contributed by atoms with Gasteiger partial charge < -0.3 is 19.8 Å². The van der Waals surface area contributed by atoms with Gasteiger partial charge in [-0.15, -0.1) is 11.8 Å². The summed E-state index contributed by atoms with van der Waals surface area (Å²) in [6.07, 6.45) is 8.33. The highest BCUT2D eigenvalue weighted by atomic mass is 35.5. The summed E-state index contributed by atoms with van der Waals surface area (Å²) in [7, 11) is 0. The minimum Gasteiger partial charge on any atom is -0.399 e. The third-order valence-electron chi connectivity index (χ3n) is 5.15. The molecule has 30 heavy (non-hydrogen) atoms. The van der Waals surface area contributed by atoms with E-state index in [1.165, 1.54) is 10.5 Å². The Hall–Kier alpha value is -1.99. The van der Waals surface area contributed by atoms with Gasteiger partial charge in [0.2, 0.25) is 0 Å². The third-order valence-corrected chi connectivity index (χ3v) is 6.54. The normalized spacial score (nSPS) is 21.2. The van der Waals surface area contributed by atoms with Crippen LogP contribution in [0.5, 0.6) is 0 Å². The number of imidazole rings is 1. The lowest BCUT2D eigenvalue weighted by Gasteiger charge is -2.28. The molecule has 0 radical (unpaired) electrons. The molecule has 1 aliphatic heterocycles. The number of benzene rings is 2. The highest BCUT2D eigenvalue weighted by Gasteiger charge is 2.41. The standard InChI is InChI=1S/C23H26ClN3O2S/c24-19-5-3-18(4-6-19)2-1-11-23(16-27-13-12-26-17-27)28-14-21(29-23)15-30-22-9-7-20(25)8-10-22/h3-10,12-13,17,21H,1-2,11,14-16,25H2. The number of thioether (sulfide) groups is 1. The Morgan fingerprint density at radius 3 is 2.70 bits per heavy atom. The number of halogens is 1. The second-order valence-electron chi connectivity index (χ2n) is 7.56. The van der Waals surface area contributed by atoms with Crippen molar-refractivity contribution in [2.24, 2.45) is 0 Å². The molecule has 0 bridgehead atoms. The van der Waals surface area contributed by atoms with E-state index in [1.54, 1.807) is 18.0 Å². The Morgan fingerprint density at radius 2 is 1.97 bits per heavy atom. The quantitative estimate of drug-likeness (QED) is 0.370. The number of hydrogen-bond donors (Lipinski definition) is 1. The van der Waals surface area contributed by atoms with Crippen molar-refractivity contribution in [3.63, 3.8) is 0 Å². The number of nitrogen functional groups attached to an aromatic ring is 1. The molecule has 7 heteroatoms. The SMILES string of the molecule is Nc1ccc(SCC2COC(CCCc3ccc(Cl)cc3)(Cn3ccnc3)O2)cc1. The smallest absolute Gasteiger partial charge is 0.186 e. The molecule has 2 atom stereocenters. The molecule has 0 spiro atoms. The predicted molar refractivity (Wildman–Crippen MR) is 122 cm³/mol. The van der Waals surface area contributed by atoms with Crippen LogP contribution in [0.3, 0.4) is 0 Å². The molecular formula is C23H26ClN3O2S. The summed E-state index contributed by atoms with van der Waals surface area (Å²) < 4.78 is 14.8. The number of nitrogens with zero attached hydrogens (tertiary/aromatic N) is 2. The van der Waals surface area contributed by atoms with E-state index in [4.69, 9.17) is 26.8 Å². The fourth-order valence-electron chi connectivity index (χ4n) is 3.62. The van der Waals surface area contributed by atoms with E-state index >= 15 is 0 Å². The van der Waals surface area contributed by atoms with E-state index in [9.17, 15) is 0 Å². The molecule has 0 aliphatic carbocycles. The number of anilines is 1. The van der Waals surface area contributed by atoms with Crippen LogP contribution in [0.4, 0.5) is 5.69 Å². The van der Waals surface area contributed by atoms with Crippen molar-refractivity contribution in [2.75, 3.05) is 18.1 Å². The first-order chi connectivity index (χ1) is 14.6. The van der Waals surface area contributed by atoms with Gasteiger partial charge in [0, 0.05) is 40.2 Å². The molecule has 2 N–H and O–H groups in total. The van der Waals surface area contributed by atoms with E-state index < -0.39 is 5.79 Å². The van der Waals surface area contributed by atoms with E-state index in [2.05, 4.69) is 17.1 Å². The van der Waals surface area contributed by atoms with Crippen LogP contribution in [0.15, 0.2) is 72.1 Å². The second-order valence-corrected chi connectivity index (χ2v) is 9.09. The summed E-state index contributed by atoms with van der Waals surface area (Å²) in [5, 5.41) is 0.763. The largest absolute Gasteiger partial charge is 0.399 e. The molecule has 2 unspecified atom stereocenters. The van der Waals surface area contributed by atoms with Crippen molar-refractivity contribution in [2.45, 2.75) is 42.6 Å². The van der Waals surface area contributed by atoms with Crippen LogP contribution >= 0.6 is 23.4 Å². The Balaban J connectivity index is 1.35. The second kappa shape index (κ2) is 9.88. The molecule has 5 nitrogen and oxygen atoms in total. The van der Waals surface area contributed by atoms with E-state index in [0.717, 1.165) is 35.7 Å². The van der Waals surface area contributed by atoms with Gasteiger partial charge in [0.25, 0.3) is 0 Å². The summed E-state index contributed by atoms with van der Waals surface area (Å²) in [4.78, 5) is 5.34. The molecule has 2 heterocycles. The molecule has 2 aromatic carbocycles. The van der Waals surface area contributed by atoms with Gasteiger partial charge in [0.05, 0.1) is 25.6 Å². The lowest BCUT2D eigenvalue weighted by molar-refractivity contribution is -0.181. The van der Waals surface area contributed by atoms with Crippen molar-refractivity contribution >= 4 is 29.1 Å². The van der Waals surface area contributed by atoms with Gasteiger partial charge >= 0.3 is 0 Å². The minimum atomic E-state index is -0.626. The third kappa shape index (κ3) is 5.79. The number of aryl methyl sites for hydroxylation is 1. The predicted octanol–water partition coefficient (Wildman–Crippen LogP) is 5.05. The Kier molecular flexibility index (Phi) is 7.00. The summed E-state index contributed by atoms with van der Waals surface area (Å²) in [5.74, 6) is 0.215. The summed E-state index contributed by atoms with van der Waals surface area (Å²) in [6, 6.07) is 16.0. The number of hydrogen-bond acceptors (Lipinski definition) is 5. The van der Waals surface area contributed by atoms with Gasteiger partial charge in [-0.25, -0.2) is 4.98 Å². The van der Waals surface area contributed by atoms with Crippen LogP contribution in [-0.2, 0) is 22.4 Å². The van der Waals surface area contributed by atoms with Crippen molar-refractivity contribution < 1.29 is 9.47 Å². The van der Waals surface area contributed by atoms with Crippen LogP contribution in [0.2, 0.25) is 5.02 Å². The van der Waals surface area contributed by atoms with Crippen LogP contribution in [0.25, 0.3) is 0 Å². The fraction of sp³-hybridized carbons (Fsp3) is 0.348. The van der Waals surface area contributed by atoms with Crippen molar-refractivity contribution in [3.05, 3.63) is 77.8 Å².